The summed E-state index contributed by atoms with van der Waals surface area (Å²) in [6, 6.07) is 9.94. The molecule has 0 bridgehead atoms. The molecular weight excluding hydrogens is 276 g/mol. The summed E-state index contributed by atoms with van der Waals surface area (Å²) >= 11 is 0. The van der Waals surface area contributed by atoms with Crippen LogP contribution in [0.4, 0.5) is 0 Å². The van der Waals surface area contributed by atoms with Crippen LogP contribution in [0.3, 0.4) is 0 Å². The van der Waals surface area contributed by atoms with E-state index < -0.39 is 10.0 Å². The number of hydrogen-bond acceptors (Lipinski definition) is 3. The van der Waals surface area contributed by atoms with Crippen LogP contribution in [-0.2, 0) is 23.6 Å². The third-order valence-electron chi connectivity index (χ3n) is 2.95. The predicted octanol–water partition coefficient (Wildman–Crippen LogP) is 1.17. The first-order valence-electron chi connectivity index (χ1n) is 6.11. The van der Waals surface area contributed by atoms with E-state index >= 15 is 0 Å². The van der Waals surface area contributed by atoms with E-state index in [0.717, 1.165) is 5.56 Å². The van der Waals surface area contributed by atoms with Crippen molar-refractivity contribution in [2.24, 2.45) is 7.05 Å². The number of aryl methyl sites for hydroxylation is 2. The highest BCUT2D eigenvalue weighted by Gasteiger charge is 2.14. The number of hydrogen-bond donors (Lipinski definition) is 1. The van der Waals surface area contributed by atoms with Crippen molar-refractivity contribution in [3.63, 3.8) is 0 Å². The molecule has 1 heterocycles. The zero-order chi connectivity index (χ0) is 14.8. The van der Waals surface area contributed by atoms with Gasteiger partial charge in [0.25, 0.3) is 5.56 Å². The van der Waals surface area contributed by atoms with Gasteiger partial charge in [-0.15, -0.1) is 0 Å². The molecule has 0 atom stereocenters. The largest absolute Gasteiger partial charge is 0.318 e. The molecule has 2 aromatic rings. The molecule has 1 N–H and O–H groups in total. The van der Waals surface area contributed by atoms with Crippen LogP contribution in [-0.4, -0.2) is 13.0 Å². The normalized spacial score (nSPS) is 11.5. The summed E-state index contributed by atoms with van der Waals surface area (Å²) in [5.74, 6) is 0. The Labute approximate surface area is 117 Å². The van der Waals surface area contributed by atoms with Crippen molar-refractivity contribution >= 4 is 10.0 Å². The molecule has 0 aliphatic rings. The van der Waals surface area contributed by atoms with Crippen molar-refractivity contribution in [1.29, 1.82) is 0 Å². The molecule has 0 aliphatic heterocycles. The van der Waals surface area contributed by atoms with Gasteiger partial charge in [0.05, 0.1) is 4.90 Å². The summed E-state index contributed by atoms with van der Waals surface area (Å²) in [6.07, 6.45) is 1.63. The number of pyridine rings is 1. The van der Waals surface area contributed by atoms with Crippen molar-refractivity contribution in [2.45, 2.75) is 18.4 Å². The second-order valence-electron chi connectivity index (χ2n) is 4.59. The average molecular weight is 292 g/mol. The summed E-state index contributed by atoms with van der Waals surface area (Å²) in [5.41, 5.74) is 1.06. The third-order valence-corrected chi connectivity index (χ3v) is 4.35. The van der Waals surface area contributed by atoms with Gasteiger partial charge in [-0.2, -0.15) is 0 Å². The summed E-state index contributed by atoms with van der Waals surface area (Å²) < 4.78 is 28.1. The number of aromatic nitrogens is 1. The second kappa shape index (κ2) is 5.60. The zero-order valence-corrected chi connectivity index (χ0v) is 12.1. The quantitative estimate of drug-likeness (QED) is 0.920. The van der Waals surface area contributed by atoms with Crippen LogP contribution in [0, 0.1) is 6.92 Å². The molecule has 6 heteroatoms. The first-order chi connectivity index (χ1) is 9.40. The Morgan fingerprint density at radius 3 is 2.65 bits per heavy atom. The fraction of sp³-hybridized carbons (Fsp3) is 0.214. The van der Waals surface area contributed by atoms with Gasteiger partial charge in [0.15, 0.2) is 0 Å². The Morgan fingerprint density at radius 2 is 1.95 bits per heavy atom. The topological polar surface area (TPSA) is 68.2 Å². The molecule has 1 aromatic heterocycles. The molecule has 0 fully saturated rings. The third kappa shape index (κ3) is 3.15. The molecule has 0 unspecified atom stereocenters. The number of benzene rings is 1. The van der Waals surface area contributed by atoms with E-state index in [1.165, 1.54) is 10.6 Å². The van der Waals surface area contributed by atoms with Crippen LogP contribution in [0.2, 0.25) is 0 Å². The minimum Gasteiger partial charge on any atom is -0.318 e. The lowest BCUT2D eigenvalue weighted by Crippen LogP contribution is -2.28. The molecular formula is C14H16N2O3S. The van der Waals surface area contributed by atoms with Gasteiger partial charge in [-0.25, -0.2) is 13.1 Å². The van der Waals surface area contributed by atoms with E-state index in [1.54, 1.807) is 37.5 Å². The lowest BCUT2D eigenvalue weighted by atomic mass is 10.2. The first-order valence-corrected chi connectivity index (χ1v) is 7.59. The molecule has 0 saturated carbocycles. The first kappa shape index (κ1) is 14.5. The molecule has 0 spiro atoms. The molecule has 20 heavy (non-hydrogen) atoms. The van der Waals surface area contributed by atoms with Gasteiger partial charge in [-0.1, -0.05) is 18.2 Å². The van der Waals surface area contributed by atoms with Crippen LogP contribution in [0.15, 0.2) is 52.3 Å². The number of nitrogens with zero attached hydrogens (tertiary/aromatic N) is 1. The number of nitrogens with one attached hydrogen (secondary N) is 1. The van der Waals surface area contributed by atoms with E-state index in [-0.39, 0.29) is 17.0 Å². The Balaban J connectivity index is 2.22. The van der Waals surface area contributed by atoms with Crippen molar-refractivity contribution < 1.29 is 8.42 Å². The Hall–Kier alpha value is -1.92. The van der Waals surface area contributed by atoms with E-state index in [0.29, 0.717) is 5.56 Å². The maximum atomic E-state index is 12.1. The Bertz CT molecular complexity index is 779. The molecule has 106 valence electrons. The SMILES string of the molecule is Cc1cccc(S(=O)(=O)NCc2cccn(C)c2=O)c1. The van der Waals surface area contributed by atoms with Gasteiger partial charge in [-0.05, 0) is 30.7 Å². The molecule has 1 aromatic carbocycles. The van der Waals surface area contributed by atoms with E-state index in [4.69, 9.17) is 0 Å². The van der Waals surface area contributed by atoms with Crippen molar-refractivity contribution in [1.82, 2.24) is 9.29 Å². The Kier molecular flexibility index (Phi) is 4.06. The second-order valence-corrected chi connectivity index (χ2v) is 6.36. The van der Waals surface area contributed by atoms with Gasteiger partial charge < -0.3 is 4.57 Å². The summed E-state index contributed by atoms with van der Waals surface area (Å²) in [7, 11) is -1.98. The molecule has 0 radical (unpaired) electrons. The van der Waals surface area contributed by atoms with Crippen LogP contribution in [0.25, 0.3) is 0 Å². The molecule has 5 nitrogen and oxygen atoms in total. The summed E-state index contributed by atoms with van der Waals surface area (Å²) in [4.78, 5) is 12.0. The van der Waals surface area contributed by atoms with Gasteiger partial charge in [0.1, 0.15) is 0 Å². The van der Waals surface area contributed by atoms with E-state index in [9.17, 15) is 13.2 Å². The van der Waals surface area contributed by atoms with Gasteiger partial charge >= 0.3 is 0 Å². The van der Waals surface area contributed by atoms with Gasteiger partial charge in [-0.3, -0.25) is 4.79 Å². The molecule has 2 rings (SSSR count). The Morgan fingerprint density at radius 1 is 1.20 bits per heavy atom. The fourth-order valence-corrected chi connectivity index (χ4v) is 2.94. The lowest BCUT2D eigenvalue weighted by molar-refractivity contribution is 0.580. The molecule has 0 saturated heterocycles. The smallest absolute Gasteiger partial charge is 0.254 e. The fourth-order valence-electron chi connectivity index (χ4n) is 1.83. The molecule has 0 aliphatic carbocycles. The standard InChI is InChI=1S/C14H16N2O3S/c1-11-5-3-7-13(9-11)20(18,19)15-10-12-6-4-8-16(2)14(12)17/h3-9,15H,10H2,1-2H3. The van der Waals surface area contributed by atoms with Crippen molar-refractivity contribution in [3.05, 3.63) is 64.1 Å². The average Bonchev–Trinajstić information content (AvgIpc) is 2.40. The highest BCUT2D eigenvalue weighted by Crippen LogP contribution is 2.10. The van der Waals surface area contributed by atoms with E-state index in [1.807, 2.05) is 13.0 Å². The highest BCUT2D eigenvalue weighted by molar-refractivity contribution is 7.89. The van der Waals surface area contributed by atoms with E-state index in [2.05, 4.69) is 4.72 Å². The highest BCUT2D eigenvalue weighted by atomic mass is 32.2. The lowest BCUT2D eigenvalue weighted by Gasteiger charge is -2.08. The van der Waals surface area contributed by atoms with Crippen LogP contribution in [0.1, 0.15) is 11.1 Å². The minimum absolute atomic E-state index is 0.0240. The number of sulfonamides is 1. The monoisotopic (exact) mass is 292 g/mol. The van der Waals surface area contributed by atoms with Crippen LogP contribution >= 0.6 is 0 Å². The van der Waals surface area contributed by atoms with Gasteiger partial charge in [0.2, 0.25) is 10.0 Å². The summed E-state index contributed by atoms with van der Waals surface area (Å²) in [5, 5.41) is 0. The number of rotatable bonds is 4. The van der Waals surface area contributed by atoms with Crippen molar-refractivity contribution in [2.75, 3.05) is 0 Å². The van der Waals surface area contributed by atoms with Gasteiger partial charge in [0, 0.05) is 25.4 Å². The summed E-state index contributed by atoms with van der Waals surface area (Å²) in [6.45, 7) is 1.80. The maximum absolute atomic E-state index is 12.1. The maximum Gasteiger partial charge on any atom is 0.254 e. The minimum atomic E-state index is -3.61. The van der Waals surface area contributed by atoms with Crippen LogP contribution < -0.4 is 10.3 Å². The van der Waals surface area contributed by atoms with Crippen molar-refractivity contribution in [3.8, 4) is 0 Å². The predicted molar refractivity (Wildman–Crippen MR) is 76.9 cm³/mol. The van der Waals surface area contributed by atoms with Crippen LogP contribution in [0.5, 0.6) is 0 Å². The molecule has 0 amide bonds. The zero-order valence-electron chi connectivity index (χ0n) is 11.3.